The Balaban J connectivity index is 3.97. The molecule has 0 saturated heterocycles. The highest BCUT2D eigenvalue weighted by atomic mass is 17.1. The lowest BCUT2D eigenvalue weighted by molar-refractivity contribution is -0.229. The minimum absolute atomic E-state index is 0.484. The van der Waals surface area contributed by atoms with Gasteiger partial charge in [0.2, 0.25) is 0 Å². The van der Waals surface area contributed by atoms with E-state index in [1.54, 1.807) is 13.0 Å². The Labute approximate surface area is 53.9 Å². The van der Waals surface area contributed by atoms with Crippen LogP contribution in [0.5, 0.6) is 0 Å². The van der Waals surface area contributed by atoms with Gasteiger partial charge in [-0.15, -0.1) is 0 Å². The highest BCUT2D eigenvalue weighted by molar-refractivity contribution is 5.87. The van der Waals surface area contributed by atoms with Gasteiger partial charge < -0.3 is 0 Å². The van der Waals surface area contributed by atoms with Gasteiger partial charge in [0, 0.05) is 5.57 Å². The zero-order valence-corrected chi connectivity index (χ0v) is 5.55. The lowest BCUT2D eigenvalue weighted by Gasteiger charge is -1.95. The third-order valence-electron chi connectivity index (χ3n) is 1.07. The van der Waals surface area contributed by atoms with Crippen molar-refractivity contribution in [3.8, 4) is 0 Å². The second-order valence-corrected chi connectivity index (χ2v) is 1.55. The van der Waals surface area contributed by atoms with E-state index in [1.165, 1.54) is 0 Å². The van der Waals surface area contributed by atoms with Crippen molar-refractivity contribution in [1.82, 2.24) is 0 Å². The van der Waals surface area contributed by atoms with Crippen molar-refractivity contribution < 1.29 is 14.9 Å². The van der Waals surface area contributed by atoms with Crippen LogP contribution in [0, 0.1) is 0 Å². The van der Waals surface area contributed by atoms with Crippen LogP contribution in [0.3, 0.4) is 0 Å². The monoisotopic (exact) mass is 130 g/mol. The Kier molecular flexibility index (Phi) is 3.71. The fourth-order valence-electron chi connectivity index (χ4n) is 0.525. The van der Waals surface area contributed by atoms with Crippen molar-refractivity contribution in [2.75, 3.05) is 0 Å². The smallest absolute Gasteiger partial charge is 0.296 e. The van der Waals surface area contributed by atoms with E-state index in [0.717, 1.165) is 0 Å². The highest BCUT2D eigenvalue weighted by Crippen LogP contribution is 2.00. The summed E-state index contributed by atoms with van der Waals surface area (Å²) in [6.45, 7) is 3.53. The third-order valence-corrected chi connectivity index (χ3v) is 1.07. The molecule has 0 saturated carbocycles. The number of carbonyl (C=O) groups excluding carboxylic acids is 1. The molecule has 0 aromatic carbocycles. The van der Waals surface area contributed by atoms with Crippen LogP contribution in [-0.2, 0) is 9.68 Å². The van der Waals surface area contributed by atoms with E-state index in [0.29, 0.717) is 12.0 Å². The molecule has 0 aromatic heterocycles. The Morgan fingerprint density at radius 1 is 1.78 bits per heavy atom. The van der Waals surface area contributed by atoms with Crippen LogP contribution in [0.1, 0.15) is 20.3 Å². The van der Waals surface area contributed by atoms with Crippen molar-refractivity contribution in [3.63, 3.8) is 0 Å². The summed E-state index contributed by atoms with van der Waals surface area (Å²) in [6.07, 6.45) is 2.19. The molecule has 1 N–H and O–H groups in total. The topological polar surface area (TPSA) is 46.5 Å². The molecule has 0 aromatic rings. The number of hydrogen-bond acceptors (Lipinski definition) is 3. The molecule has 0 aliphatic carbocycles. The second kappa shape index (κ2) is 4.09. The number of allylic oxidation sites excluding steroid dienone is 1. The standard InChI is InChI=1S/C6H10O3/c1-3-5(4-2)6(7)9-8/h3,8H,4H2,1-2H3/b5-3-. The molecule has 0 unspecified atom stereocenters. The second-order valence-electron chi connectivity index (χ2n) is 1.55. The largest absolute Gasteiger partial charge is 0.368 e. The molecule has 0 fully saturated rings. The van der Waals surface area contributed by atoms with Crippen LogP contribution >= 0.6 is 0 Å². The van der Waals surface area contributed by atoms with Gasteiger partial charge in [-0.1, -0.05) is 13.0 Å². The van der Waals surface area contributed by atoms with E-state index < -0.39 is 5.97 Å². The minimum Gasteiger partial charge on any atom is -0.296 e. The van der Waals surface area contributed by atoms with Crippen LogP contribution in [0.4, 0.5) is 0 Å². The Hall–Kier alpha value is -0.830. The first kappa shape index (κ1) is 8.17. The molecule has 9 heavy (non-hydrogen) atoms. The van der Waals surface area contributed by atoms with Gasteiger partial charge in [0.1, 0.15) is 0 Å². The van der Waals surface area contributed by atoms with Crippen LogP contribution in [0.2, 0.25) is 0 Å². The number of hydrogen-bond donors (Lipinski definition) is 1. The molecular weight excluding hydrogens is 120 g/mol. The van der Waals surface area contributed by atoms with Gasteiger partial charge in [0.05, 0.1) is 0 Å². The molecule has 3 heteroatoms. The third kappa shape index (κ3) is 2.28. The van der Waals surface area contributed by atoms with Crippen molar-refractivity contribution in [3.05, 3.63) is 11.6 Å². The van der Waals surface area contributed by atoms with E-state index >= 15 is 0 Å². The molecule has 52 valence electrons. The van der Waals surface area contributed by atoms with Crippen molar-refractivity contribution in [2.24, 2.45) is 0 Å². The molecule has 0 bridgehead atoms. The van der Waals surface area contributed by atoms with E-state index in [1.807, 2.05) is 6.92 Å². The molecule has 0 aliphatic rings. The molecule has 0 rings (SSSR count). The van der Waals surface area contributed by atoms with Gasteiger partial charge in [-0.2, -0.15) is 5.26 Å². The van der Waals surface area contributed by atoms with Gasteiger partial charge in [-0.25, -0.2) is 4.79 Å². The van der Waals surface area contributed by atoms with Gasteiger partial charge in [-0.3, -0.25) is 4.89 Å². The average Bonchev–Trinajstić information content (AvgIpc) is 1.90. The normalized spacial score (nSPS) is 11.2. The fraction of sp³-hybridized carbons (Fsp3) is 0.500. The minimum atomic E-state index is -0.667. The summed E-state index contributed by atoms with van der Waals surface area (Å²) in [5.41, 5.74) is 0.484. The van der Waals surface area contributed by atoms with Crippen molar-refractivity contribution in [1.29, 1.82) is 0 Å². The molecule has 3 nitrogen and oxygen atoms in total. The van der Waals surface area contributed by atoms with Crippen LogP contribution in [0.25, 0.3) is 0 Å². The maximum absolute atomic E-state index is 10.4. The Morgan fingerprint density at radius 3 is 2.44 bits per heavy atom. The van der Waals surface area contributed by atoms with E-state index in [-0.39, 0.29) is 0 Å². The summed E-state index contributed by atoms with van der Waals surface area (Å²) >= 11 is 0. The maximum atomic E-state index is 10.4. The Morgan fingerprint density at radius 2 is 2.33 bits per heavy atom. The van der Waals surface area contributed by atoms with E-state index in [9.17, 15) is 4.79 Å². The first-order valence-corrected chi connectivity index (χ1v) is 2.77. The van der Waals surface area contributed by atoms with Crippen molar-refractivity contribution in [2.45, 2.75) is 20.3 Å². The van der Waals surface area contributed by atoms with Crippen molar-refractivity contribution >= 4 is 5.97 Å². The van der Waals surface area contributed by atoms with Crippen LogP contribution in [-0.4, -0.2) is 11.2 Å². The fourth-order valence-corrected chi connectivity index (χ4v) is 0.525. The van der Waals surface area contributed by atoms with Gasteiger partial charge in [0.15, 0.2) is 0 Å². The number of carbonyl (C=O) groups is 1. The lowest BCUT2D eigenvalue weighted by atomic mass is 10.2. The summed E-state index contributed by atoms with van der Waals surface area (Å²) in [5.74, 6) is -0.667. The first-order chi connectivity index (χ1) is 4.26. The maximum Gasteiger partial charge on any atom is 0.368 e. The van der Waals surface area contributed by atoms with E-state index in [4.69, 9.17) is 5.26 Å². The summed E-state index contributed by atoms with van der Waals surface area (Å²) < 4.78 is 0. The summed E-state index contributed by atoms with van der Waals surface area (Å²) in [4.78, 5) is 13.9. The quantitative estimate of drug-likeness (QED) is 0.348. The zero-order valence-electron chi connectivity index (χ0n) is 5.55. The summed E-state index contributed by atoms with van der Waals surface area (Å²) in [6, 6.07) is 0. The highest BCUT2D eigenvalue weighted by Gasteiger charge is 2.05. The predicted molar refractivity (Wildman–Crippen MR) is 32.8 cm³/mol. The SMILES string of the molecule is C/C=C(/CC)C(=O)OO. The molecular formula is C6H10O3. The van der Waals surface area contributed by atoms with Gasteiger partial charge >= 0.3 is 5.97 Å². The van der Waals surface area contributed by atoms with Crippen LogP contribution in [0.15, 0.2) is 11.6 Å². The lowest BCUT2D eigenvalue weighted by Crippen LogP contribution is -2.03. The number of rotatable bonds is 2. The summed E-state index contributed by atoms with van der Waals surface area (Å²) in [7, 11) is 0. The molecule has 0 atom stereocenters. The predicted octanol–water partition coefficient (Wildman–Crippen LogP) is 1.36. The molecule has 0 spiro atoms. The Bertz CT molecular complexity index is 126. The van der Waals surface area contributed by atoms with Crippen LogP contribution < -0.4 is 0 Å². The molecule has 0 radical (unpaired) electrons. The molecule has 0 heterocycles. The first-order valence-electron chi connectivity index (χ1n) is 2.77. The molecule has 0 aliphatic heterocycles. The van der Waals surface area contributed by atoms with Gasteiger partial charge in [0.25, 0.3) is 0 Å². The summed E-state index contributed by atoms with van der Waals surface area (Å²) in [5, 5.41) is 7.88. The molecule has 0 amide bonds. The zero-order chi connectivity index (χ0) is 7.28. The van der Waals surface area contributed by atoms with E-state index in [2.05, 4.69) is 4.89 Å². The average molecular weight is 130 g/mol. The van der Waals surface area contributed by atoms with Gasteiger partial charge in [-0.05, 0) is 13.3 Å².